The van der Waals surface area contributed by atoms with Gasteiger partial charge in [0, 0.05) is 15.8 Å². The molecule has 0 radical (unpaired) electrons. The summed E-state index contributed by atoms with van der Waals surface area (Å²) in [6.45, 7) is 2.94. The van der Waals surface area contributed by atoms with Crippen molar-refractivity contribution >= 4 is 44.6 Å². The maximum atomic E-state index is 12.6. The zero-order valence-corrected chi connectivity index (χ0v) is 17.0. The summed E-state index contributed by atoms with van der Waals surface area (Å²) in [7, 11) is 0. The molecule has 0 spiro atoms. The lowest BCUT2D eigenvalue weighted by Crippen LogP contribution is -2.10. The van der Waals surface area contributed by atoms with Crippen LogP contribution < -0.4 is 10.1 Å². The molecule has 27 heavy (non-hydrogen) atoms. The molecule has 3 rings (SSSR count). The van der Waals surface area contributed by atoms with Crippen molar-refractivity contribution < 1.29 is 9.53 Å². The molecule has 0 unspecified atom stereocenters. The molecule has 1 aromatic heterocycles. The zero-order valence-electron chi connectivity index (χ0n) is 15.5. The molecule has 1 amide bonds. The Hall–Kier alpha value is -2.04. The largest absolute Gasteiger partial charge is 0.494 e. The average molecular weight is 402 g/mol. The lowest BCUT2D eigenvalue weighted by molar-refractivity contribution is 0.103. The summed E-state index contributed by atoms with van der Waals surface area (Å²) in [5.41, 5.74) is 0.726. The number of anilines is 1. The van der Waals surface area contributed by atoms with Gasteiger partial charge in [-0.3, -0.25) is 4.79 Å². The fourth-order valence-corrected chi connectivity index (χ4v) is 4.29. The molecular weight excluding hydrogens is 378 g/mol. The van der Waals surface area contributed by atoms with Crippen LogP contribution in [0.1, 0.15) is 48.7 Å². The number of hydrogen-bond acceptors (Lipinski definition) is 3. The minimum Gasteiger partial charge on any atom is -0.494 e. The Morgan fingerprint density at radius 2 is 1.78 bits per heavy atom. The number of thiophene rings is 1. The maximum Gasteiger partial charge on any atom is 0.267 e. The summed E-state index contributed by atoms with van der Waals surface area (Å²) in [5.74, 6) is 0.633. The maximum absolute atomic E-state index is 12.6. The van der Waals surface area contributed by atoms with Crippen LogP contribution >= 0.6 is 22.9 Å². The van der Waals surface area contributed by atoms with Crippen LogP contribution in [0.3, 0.4) is 0 Å². The lowest BCUT2D eigenvalue weighted by Gasteiger charge is -2.08. The fourth-order valence-electron chi connectivity index (χ4n) is 2.88. The van der Waals surface area contributed by atoms with Crippen molar-refractivity contribution in [1.29, 1.82) is 0 Å². The molecule has 3 nitrogen and oxygen atoms in total. The van der Waals surface area contributed by atoms with E-state index < -0.39 is 0 Å². The van der Waals surface area contributed by atoms with Crippen LogP contribution in [0.2, 0.25) is 5.02 Å². The number of fused-ring (bicyclic) bond motifs is 1. The smallest absolute Gasteiger partial charge is 0.267 e. The van der Waals surface area contributed by atoms with Crippen molar-refractivity contribution in [3.63, 3.8) is 0 Å². The second-order valence-electron chi connectivity index (χ2n) is 6.48. The molecule has 0 aliphatic carbocycles. The monoisotopic (exact) mass is 401 g/mol. The summed E-state index contributed by atoms with van der Waals surface area (Å²) in [6, 6.07) is 15.2. The normalized spacial score (nSPS) is 10.9. The highest BCUT2D eigenvalue weighted by Gasteiger charge is 2.16. The molecule has 0 aliphatic rings. The summed E-state index contributed by atoms with van der Waals surface area (Å²) in [6.07, 6.45) is 6.09. The highest BCUT2D eigenvalue weighted by molar-refractivity contribution is 7.21. The minimum atomic E-state index is -0.189. The number of benzene rings is 2. The van der Waals surface area contributed by atoms with Crippen molar-refractivity contribution in [2.24, 2.45) is 0 Å². The Kier molecular flexibility index (Phi) is 7.13. The van der Waals surface area contributed by atoms with Gasteiger partial charge in [0.05, 0.1) is 11.6 Å². The van der Waals surface area contributed by atoms with Crippen LogP contribution in [0.25, 0.3) is 10.1 Å². The van der Waals surface area contributed by atoms with Gasteiger partial charge in [-0.05, 0) is 36.8 Å². The van der Waals surface area contributed by atoms with Crippen LogP contribution in [0, 0.1) is 0 Å². The van der Waals surface area contributed by atoms with E-state index in [2.05, 4.69) is 12.2 Å². The van der Waals surface area contributed by atoms with Crippen molar-refractivity contribution in [3.05, 3.63) is 58.4 Å². The number of carbonyl (C=O) groups is 1. The molecular formula is C22H24ClNO2S. The molecule has 5 heteroatoms. The Morgan fingerprint density at radius 3 is 2.52 bits per heavy atom. The predicted molar refractivity (Wildman–Crippen MR) is 115 cm³/mol. The zero-order chi connectivity index (χ0) is 19.1. The third-order valence-electron chi connectivity index (χ3n) is 4.37. The third-order valence-corrected chi connectivity index (χ3v) is 6.04. The van der Waals surface area contributed by atoms with Gasteiger partial charge in [0.1, 0.15) is 10.6 Å². The molecule has 142 valence electrons. The van der Waals surface area contributed by atoms with Gasteiger partial charge in [-0.1, -0.05) is 62.4 Å². The van der Waals surface area contributed by atoms with Gasteiger partial charge in [-0.15, -0.1) is 11.3 Å². The summed E-state index contributed by atoms with van der Waals surface area (Å²) in [5, 5.41) is 4.33. The van der Waals surface area contributed by atoms with Crippen LogP contribution in [0.15, 0.2) is 48.5 Å². The average Bonchev–Trinajstić information content (AvgIpc) is 3.03. The molecule has 0 atom stereocenters. The van der Waals surface area contributed by atoms with Gasteiger partial charge in [0.2, 0.25) is 0 Å². The van der Waals surface area contributed by atoms with Crippen LogP contribution in [-0.4, -0.2) is 12.5 Å². The van der Waals surface area contributed by atoms with E-state index in [-0.39, 0.29) is 5.91 Å². The number of carbonyl (C=O) groups excluding carboxylic acids is 1. The molecule has 0 bridgehead atoms. The van der Waals surface area contributed by atoms with Crippen molar-refractivity contribution in [2.75, 3.05) is 11.9 Å². The van der Waals surface area contributed by atoms with Gasteiger partial charge in [-0.25, -0.2) is 0 Å². The summed E-state index contributed by atoms with van der Waals surface area (Å²) < 4.78 is 6.77. The van der Waals surface area contributed by atoms with Crippen LogP contribution in [0.5, 0.6) is 5.75 Å². The Morgan fingerprint density at radius 1 is 1.04 bits per heavy atom. The van der Waals surface area contributed by atoms with Crippen molar-refractivity contribution in [1.82, 2.24) is 0 Å². The first-order valence-electron chi connectivity index (χ1n) is 9.40. The van der Waals surface area contributed by atoms with E-state index in [9.17, 15) is 4.79 Å². The molecule has 3 aromatic rings. The molecule has 0 aliphatic heterocycles. The van der Waals surface area contributed by atoms with Gasteiger partial charge in [0.25, 0.3) is 5.91 Å². The molecule has 0 saturated carbocycles. The van der Waals surface area contributed by atoms with E-state index in [4.69, 9.17) is 16.3 Å². The van der Waals surface area contributed by atoms with E-state index in [1.165, 1.54) is 37.0 Å². The summed E-state index contributed by atoms with van der Waals surface area (Å²) in [4.78, 5) is 13.1. The first kappa shape index (κ1) is 19.7. The first-order valence-corrected chi connectivity index (χ1v) is 10.6. The predicted octanol–water partition coefficient (Wildman–Crippen LogP) is 7.16. The van der Waals surface area contributed by atoms with E-state index in [1.807, 2.05) is 48.5 Å². The van der Waals surface area contributed by atoms with Gasteiger partial charge >= 0.3 is 0 Å². The third kappa shape index (κ3) is 5.24. The number of nitrogens with one attached hydrogen (secondary N) is 1. The number of ether oxygens (including phenoxy) is 1. The van der Waals surface area contributed by atoms with E-state index in [1.54, 1.807) is 0 Å². The van der Waals surface area contributed by atoms with E-state index >= 15 is 0 Å². The molecule has 1 N–H and O–H groups in total. The standard InChI is InChI=1S/C22H24ClNO2S/c1-2-3-4-5-8-15-26-17-13-11-16(12-14-17)24-22(25)21-20(23)18-9-6-7-10-19(18)27-21/h6-7,9-14H,2-5,8,15H2,1H3,(H,24,25). The lowest BCUT2D eigenvalue weighted by atomic mass is 10.2. The van der Waals surface area contributed by atoms with Gasteiger partial charge < -0.3 is 10.1 Å². The molecule has 0 fully saturated rings. The second-order valence-corrected chi connectivity index (χ2v) is 7.91. The topological polar surface area (TPSA) is 38.3 Å². The molecule has 2 aromatic carbocycles. The Labute approximate surface area is 169 Å². The Bertz CT molecular complexity index is 889. The fraction of sp³-hybridized carbons (Fsp3) is 0.318. The SMILES string of the molecule is CCCCCCCOc1ccc(NC(=O)c2sc3ccccc3c2Cl)cc1. The first-order chi connectivity index (χ1) is 13.2. The quantitative estimate of drug-likeness (QED) is 0.386. The number of hydrogen-bond donors (Lipinski definition) is 1. The minimum absolute atomic E-state index is 0.189. The summed E-state index contributed by atoms with van der Waals surface area (Å²) >= 11 is 7.78. The number of amides is 1. The van der Waals surface area contributed by atoms with Crippen LogP contribution in [-0.2, 0) is 0 Å². The van der Waals surface area contributed by atoms with Crippen molar-refractivity contribution in [2.45, 2.75) is 39.0 Å². The van der Waals surface area contributed by atoms with Crippen LogP contribution in [0.4, 0.5) is 5.69 Å². The second kappa shape index (κ2) is 9.77. The van der Waals surface area contributed by atoms with Gasteiger partial charge in [-0.2, -0.15) is 0 Å². The highest BCUT2D eigenvalue weighted by atomic mass is 35.5. The van der Waals surface area contributed by atoms with Gasteiger partial charge in [0.15, 0.2) is 0 Å². The van der Waals surface area contributed by atoms with E-state index in [0.29, 0.717) is 9.90 Å². The van der Waals surface area contributed by atoms with E-state index in [0.717, 1.165) is 34.6 Å². The van der Waals surface area contributed by atoms with Crippen molar-refractivity contribution in [3.8, 4) is 5.75 Å². The highest BCUT2D eigenvalue weighted by Crippen LogP contribution is 2.35. The number of halogens is 1. The number of unbranched alkanes of at least 4 members (excludes halogenated alkanes) is 4. The Balaban J connectivity index is 1.54. The molecule has 0 saturated heterocycles. The molecule has 1 heterocycles. The number of rotatable bonds is 9.